The summed E-state index contributed by atoms with van der Waals surface area (Å²) in [5, 5.41) is 0. The van der Waals surface area contributed by atoms with E-state index in [2.05, 4.69) is 0 Å². The monoisotopic (exact) mass is 193 g/mol. The molecule has 1 aliphatic carbocycles. The van der Waals surface area contributed by atoms with E-state index in [9.17, 15) is 4.39 Å². The minimum atomic E-state index is -0.246. The van der Waals surface area contributed by atoms with Gasteiger partial charge in [0.05, 0.1) is 6.67 Å². The number of hydrogen-bond acceptors (Lipinski definition) is 1. The highest BCUT2D eigenvalue weighted by Gasteiger charge is 2.39. The van der Waals surface area contributed by atoms with Crippen LogP contribution in [0.25, 0.3) is 0 Å². The Balaban J connectivity index is 2.38. The molecule has 0 aliphatic heterocycles. The lowest BCUT2D eigenvalue weighted by atomic mass is 9.64. The first-order chi connectivity index (χ1) is 6.82. The molecule has 0 saturated heterocycles. The molecule has 14 heavy (non-hydrogen) atoms. The van der Waals surface area contributed by atoms with Crippen molar-refractivity contribution in [3.63, 3.8) is 0 Å². The fourth-order valence-corrected chi connectivity index (χ4v) is 2.29. The van der Waals surface area contributed by atoms with Crippen molar-refractivity contribution in [1.29, 1.82) is 0 Å². The van der Waals surface area contributed by atoms with E-state index in [4.69, 9.17) is 5.73 Å². The lowest BCUT2D eigenvalue weighted by Crippen LogP contribution is -2.37. The quantitative estimate of drug-likeness (QED) is 0.784. The SMILES string of the molecule is NCc1ccccc1C1(CF)CCC1. The Kier molecular flexibility index (Phi) is 2.55. The lowest BCUT2D eigenvalue weighted by molar-refractivity contribution is 0.183. The van der Waals surface area contributed by atoms with E-state index < -0.39 is 0 Å². The second-order valence-electron chi connectivity index (χ2n) is 4.13. The summed E-state index contributed by atoms with van der Waals surface area (Å²) in [7, 11) is 0. The molecule has 2 rings (SSSR count). The van der Waals surface area contributed by atoms with Crippen LogP contribution in [0.5, 0.6) is 0 Å². The third-order valence-electron chi connectivity index (χ3n) is 3.38. The molecular formula is C12H16FN. The first-order valence-electron chi connectivity index (χ1n) is 5.17. The second-order valence-corrected chi connectivity index (χ2v) is 4.13. The smallest absolute Gasteiger partial charge is 0.0991 e. The molecule has 0 radical (unpaired) electrons. The largest absolute Gasteiger partial charge is 0.326 e. The van der Waals surface area contributed by atoms with Crippen molar-refractivity contribution >= 4 is 0 Å². The van der Waals surface area contributed by atoms with E-state index in [0.29, 0.717) is 6.54 Å². The minimum Gasteiger partial charge on any atom is -0.326 e. The number of alkyl halides is 1. The second kappa shape index (κ2) is 3.70. The molecule has 0 bridgehead atoms. The summed E-state index contributed by atoms with van der Waals surface area (Å²) in [6.07, 6.45) is 3.09. The maximum Gasteiger partial charge on any atom is 0.0991 e. The van der Waals surface area contributed by atoms with Crippen LogP contribution >= 0.6 is 0 Å². The van der Waals surface area contributed by atoms with Crippen molar-refractivity contribution < 1.29 is 4.39 Å². The Morgan fingerprint density at radius 1 is 1.29 bits per heavy atom. The van der Waals surface area contributed by atoms with Crippen LogP contribution in [0.1, 0.15) is 30.4 Å². The normalized spacial score (nSPS) is 19.0. The average molecular weight is 193 g/mol. The summed E-state index contributed by atoms with van der Waals surface area (Å²) >= 11 is 0. The Bertz CT molecular complexity index is 312. The number of hydrogen-bond donors (Lipinski definition) is 1. The van der Waals surface area contributed by atoms with Crippen LogP contribution in [0, 0.1) is 0 Å². The fourth-order valence-electron chi connectivity index (χ4n) is 2.29. The van der Waals surface area contributed by atoms with Crippen LogP contribution < -0.4 is 5.73 Å². The highest BCUT2D eigenvalue weighted by Crippen LogP contribution is 2.45. The fraction of sp³-hybridized carbons (Fsp3) is 0.500. The van der Waals surface area contributed by atoms with Gasteiger partial charge in [0.25, 0.3) is 0 Å². The van der Waals surface area contributed by atoms with Gasteiger partial charge in [-0.15, -0.1) is 0 Å². The van der Waals surface area contributed by atoms with Crippen molar-refractivity contribution in [2.75, 3.05) is 6.67 Å². The van der Waals surface area contributed by atoms with Crippen molar-refractivity contribution in [2.24, 2.45) is 5.73 Å². The molecule has 76 valence electrons. The molecule has 1 saturated carbocycles. The molecular weight excluding hydrogens is 177 g/mol. The van der Waals surface area contributed by atoms with Crippen LogP contribution in [0.15, 0.2) is 24.3 Å². The summed E-state index contributed by atoms with van der Waals surface area (Å²) in [5.41, 5.74) is 7.70. The third-order valence-corrected chi connectivity index (χ3v) is 3.38. The Morgan fingerprint density at radius 3 is 2.50 bits per heavy atom. The zero-order chi connectivity index (χ0) is 10.0. The van der Waals surface area contributed by atoms with Gasteiger partial charge in [-0.25, -0.2) is 0 Å². The molecule has 0 aromatic heterocycles. The van der Waals surface area contributed by atoms with Gasteiger partial charge in [-0.2, -0.15) is 0 Å². The first-order valence-corrected chi connectivity index (χ1v) is 5.17. The molecule has 0 heterocycles. The molecule has 0 atom stereocenters. The molecule has 1 aliphatic rings. The molecule has 1 nitrogen and oxygen atoms in total. The summed E-state index contributed by atoms with van der Waals surface area (Å²) in [4.78, 5) is 0. The van der Waals surface area contributed by atoms with Crippen molar-refractivity contribution in [3.05, 3.63) is 35.4 Å². The molecule has 1 aromatic carbocycles. The molecule has 0 amide bonds. The molecule has 2 N–H and O–H groups in total. The molecule has 0 unspecified atom stereocenters. The molecule has 1 aromatic rings. The van der Waals surface area contributed by atoms with Gasteiger partial charge >= 0.3 is 0 Å². The number of nitrogens with two attached hydrogens (primary N) is 1. The van der Waals surface area contributed by atoms with Gasteiger partial charge in [-0.1, -0.05) is 30.7 Å². The van der Waals surface area contributed by atoms with Gasteiger partial charge in [0.1, 0.15) is 0 Å². The minimum absolute atomic E-state index is 0.198. The zero-order valence-corrected chi connectivity index (χ0v) is 8.30. The van der Waals surface area contributed by atoms with Gasteiger partial charge in [-0.05, 0) is 24.0 Å². The Hall–Kier alpha value is -0.890. The Morgan fingerprint density at radius 2 is 2.00 bits per heavy atom. The maximum atomic E-state index is 13.1. The van der Waals surface area contributed by atoms with Gasteiger partial charge in [0.2, 0.25) is 0 Å². The number of halogens is 1. The summed E-state index contributed by atoms with van der Waals surface area (Å²) in [5.74, 6) is 0. The summed E-state index contributed by atoms with van der Waals surface area (Å²) < 4.78 is 13.1. The van der Waals surface area contributed by atoms with Gasteiger partial charge in [0.15, 0.2) is 0 Å². The molecule has 2 heteroatoms. The van der Waals surface area contributed by atoms with E-state index in [0.717, 1.165) is 30.4 Å². The highest BCUT2D eigenvalue weighted by molar-refractivity contribution is 5.36. The van der Waals surface area contributed by atoms with Crippen LogP contribution in [-0.4, -0.2) is 6.67 Å². The zero-order valence-electron chi connectivity index (χ0n) is 8.30. The van der Waals surface area contributed by atoms with E-state index in [1.165, 1.54) is 0 Å². The van der Waals surface area contributed by atoms with Crippen molar-refractivity contribution in [2.45, 2.75) is 31.2 Å². The average Bonchev–Trinajstić information content (AvgIpc) is 2.18. The number of rotatable bonds is 3. The van der Waals surface area contributed by atoms with Gasteiger partial charge < -0.3 is 5.73 Å². The van der Waals surface area contributed by atoms with Crippen LogP contribution in [-0.2, 0) is 12.0 Å². The van der Waals surface area contributed by atoms with Crippen molar-refractivity contribution in [3.8, 4) is 0 Å². The lowest BCUT2D eigenvalue weighted by Gasteiger charge is -2.41. The van der Waals surface area contributed by atoms with Crippen LogP contribution in [0.3, 0.4) is 0 Å². The molecule has 1 fully saturated rings. The Labute approximate surface area is 84.1 Å². The van der Waals surface area contributed by atoms with Crippen LogP contribution in [0.4, 0.5) is 4.39 Å². The standard InChI is InChI=1S/C12H16FN/c13-9-12(6-3-7-12)11-5-2-1-4-10(11)8-14/h1-2,4-5H,3,6-9,14H2. The van der Waals surface area contributed by atoms with E-state index in [-0.39, 0.29) is 12.1 Å². The van der Waals surface area contributed by atoms with Crippen molar-refractivity contribution in [1.82, 2.24) is 0 Å². The maximum absolute atomic E-state index is 13.1. The van der Waals surface area contributed by atoms with E-state index in [1.807, 2.05) is 24.3 Å². The van der Waals surface area contributed by atoms with Crippen LogP contribution in [0.2, 0.25) is 0 Å². The van der Waals surface area contributed by atoms with Gasteiger partial charge in [0, 0.05) is 12.0 Å². The predicted octanol–water partition coefficient (Wildman–Crippen LogP) is 2.54. The predicted molar refractivity (Wildman–Crippen MR) is 55.8 cm³/mol. The number of benzene rings is 1. The third kappa shape index (κ3) is 1.34. The molecule has 0 spiro atoms. The van der Waals surface area contributed by atoms with E-state index >= 15 is 0 Å². The summed E-state index contributed by atoms with van der Waals surface area (Å²) in [6, 6.07) is 7.98. The first kappa shape index (κ1) is 9.66. The summed E-state index contributed by atoms with van der Waals surface area (Å²) in [6.45, 7) is 0.266. The van der Waals surface area contributed by atoms with Gasteiger partial charge in [-0.3, -0.25) is 4.39 Å². The topological polar surface area (TPSA) is 26.0 Å². The van der Waals surface area contributed by atoms with E-state index in [1.54, 1.807) is 0 Å². The highest BCUT2D eigenvalue weighted by atomic mass is 19.1.